The molecule has 0 aromatic rings. The van der Waals surface area contributed by atoms with Crippen LogP contribution >= 0.6 is 0 Å². The van der Waals surface area contributed by atoms with Crippen LogP contribution in [0.15, 0.2) is 22.9 Å². The summed E-state index contributed by atoms with van der Waals surface area (Å²) in [5.74, 6) is 0. The minimum absolute atomic E-state index is 0.618. The van der Waals surface area contributed by atoms with Gasteiger partial charge >= 0.3 is 0 Å². The fourth-order valence-corrected chi connectivity index (χ4v) is 2.53. The summed E-state index contributed by atoms with van der Waals surface area (Å²) in [4.78, 5) is 0. The molecule has 0 bridgehead atoms. The molecule has 0 aliphatic heterocycles. The molecule has 0 atom stereocenters. The van der Waals surface area contributed by atoms with Gasteiger partial charge in [0.05, 0.1) is 0 Å². The van der Waals surface area contributed by atoms with Gasteiger partial charge in [0.25, 0.3) is 0 Å². The van der Waals surface area contributed by atoms with E-state index in [2.05, 4.69) is 58.7 Å². The normalized spacial score (nSPS) is 11.1. The van der Waals surface area contributed by atoms with Crippen LogP contribution in [-0.2, 0) is 4.74 Å². The summed E-state index contributed by atoms with van der Waals surface area (Å²) < 4.78 is 5.72. The lowest BCUT2D eigenvalue weighted by Crippen LogP contribution is -2.24. The van der Waals surface area contributed by atoms with Gasteiger partial charge in [-0.2, -0.15) is 0 Å². The van der Waals surface area contributed by atoms with Gasteiger partial charge in [-0.05, 0) is 44.4 Å². The molecule has 0 aromatic heterocycles. The van der Waals surface area contributed by atoms with Gasteiger partial charge < -0.3 is 10.1 Å². The SMILES string of the molecule is CCC(CC)=C(C=C(C)C)NCOCC[Si](C)(C)C. The van der Waals surface area contributed by atoms with Crippen molar-refractivity contribution in [2.45, 2.75) is 66.2 Å². The zero-order chi connectivity index (χ0) is 14.9. The highest BCUT2D eigenvalue weighted by Crippen LogP contribution is 2.13. The lowest BCUT2D eigenvalue weighted by atomic mass is 10.1. The largest absolute Gasteiger partial charge is 0.363 e. The Morgan fingerprint density at radius 2 is 1.68 bits per heavy atom. The van der Waals surface area contributed by atoms with Crippen LogP contribution in [0, 0.1) is 0 Å². The second-order valence-electron chi connectivity index (χ2n) is 6.49. The van der Waals surface area contributed by atoms with Gasteiger partial charge in [-0.15, -0.1) is 0 Å². The fraction of sp³-hybridized carbons (Fsp3) is 0.750. The molecule has 0 heterocycles. The third-order valence-electron chi connectivity index (χ3n) is 3.03. The van der Waals surface area contributed by atoms with Crippen molar-refractivity contribution in [1.82, 2.24) is 5.32 Å². The second kappa shape index (κ2) is 9.37. The first kappa shape index (κ1) is 18.5. The third-order valence-corrected chi connectivity index (χ3v) is 4.73. The summed E-state index contributed by atoms with van der Waals surface area (Å²) in [6.45, 7) is 17.3. The third kappa shape index (κ3) is 9.97. The predicted octanol–water partition coefficient (Wildman–Crippen LogP) is 4.93. The average Bonchev–Trinajstić information content (AvgIpc) is 2.27. The Labute approximate surface area is 121 Å². The molecule has 112 valence electrons. The maximum absolute atomic E-state index is 5.72. The van der Waals surface area contributed by atoms with Crippen LogP contribution in [0.25, 0.3) is 0 Å². The molecule has 0 unspecified atom stereocenters. The molecule has 19 heavy (non-hydrogen) atoms. The first-order valence-electron chi connectivity index (χ1n) is 7.48. The van der Waals surface area contributed by atoms with Crippen molar-refractivity contribution in [2.75, 3.05) is 13.3 Å². The Morgan fingerprint density at radius 1 is 1.11 bits per heavy atom. The van der Waals surface area contributed by atoms with Crippen molar-refractivity contribution in [1.29, 1.82) is 0 Å². The molecule has 0 amide bonds. The molecular formula is C16H33NOSi. The van der Waals surface area contributed by atoms with Crippen LogP contribution in [0.2, 0.25) is 25.7 Å². The highest BCUT2D eigenvalue weighted by Gasteiger charge is 2.11. The summed E-state index contributed by atoms with van der Waals surface area (Å²) >= 11 is 0. The quantitative estimate of drug-likeness (QED) is 0.280. The lowest BCUT2D eigenvalue weighted by molar-refractivity contribution is 0.135. The van der Waals surface area contributed by atoms with Gasteiger partial charge in [0, 0.05) is 20.4 Å². The molecule has 0 aliphatic carbocycles. The molecule has 0 saturated heterocycles. The van der Waals surface area contributed by atoms with E-state index < -0.39 is 8.07 Å². The van der Waals surface area contributed by atoms with Crippen LogP contribution in [-0.4, -0.2) is 21.4 Å². The average molecular weight is 284 g/mol. The van der Waals surface area contributed by atoms with Crippen LogP contribution in [0.3, 0.4) is 0 Å². The molecule has 1 N–H and O–H groups in total. The van der Waals surface area contributed by atoms with Crippen LogP contribution in [0.1, 0.15) is 40.5 Å². The number of allylic oxidation sites excluding steroid dienone is 3. The Morgan fingerprint density at radius 3 is 2.11 bits per heavy atom. The van der Waals surface area contributed by atoms with E-state index in [0.717, 1.165) is 19.4 Å². The van der Waals surface area contributed by atoms with E-state index in [1.165, 1.54) is 22.9 Å². The molecular weight excluding hydrogens is 250 g/mol. The van der Waals surface area contributed by atoms with Crippen molar-refractivity contribution in [2.24, 2.45) is 0 Å². The summed E-state index contributed by atoms with van der Waals surface area (Å²) in [6, 6.07) is 1.23. The van der Waals surface area contributed by atoms with Gasteiger partial charge in [-0.25, -0.2) is 0 Å². The van der Waals surface area contributed by atoms with Crippen molar-refractivity contribution in [3.8, 4) is 0 Å². The minimum atomic E-state index is -0.973. The topological polar surface area (TPSA) is 21.3 Å². The molecule has 0 fully saturated rings. The first-order valence-corrected chi connectivity index (χ1v) is 11.2. The number of rotatable bonds is 9. The molecule has 0 saturated carbocycles. The van der Waals surface area contributed by atoms with Gasteiger partial charge in [-0.3, -0.25) is 0 Å². The molecule has 0 aliphatic rings. The van der Waals surface area contributed by atoms with E-state index in [9.17, 15) is 0 Å². The standard InChI is InChI=1S/C16H33NOSi/c1-8-15(9-2)16(12-14(3)4)17-13-18-10-11-19(5,6)7/h12,17H,8-11,13H2,1-7H3. The Kier molecular flexibility index (Phi) is 9.11. The van der Waals surface area contributed by atoms with E-state index in [1.54, 1.807) is 0 Å². The molecule has 3 heteroatoms. The highest BCUT2D eigenvalue weighted by molar-refractivity contribution is 6.76. The number of hydrogen-bond acceptors (Lipinski definition) is 2. The number of ether oxygens (including phenoxy) is 1. The van der Waals surface area contributed by atoms with Crippen LogP contribution in [0.4, 0.5) is 0 Å². The molecule has 0 rings (SSSR count). The maximum Gasteiger partial charge on any atom is 0.116 e. The minimum Gasteiger partial charge on any atom is -0.363 e. The summed E-state index contributed by atoms with van der Waals surface area (Å²) in [5, 5.41) is 3.44. The van der Waals surface area contributed by atoms with Gasteiger partial charge in [-0.1, -0.05) is 39.1 Å². The Bertz CT molecular complexity index is 303. The van der Waals surface area contributed by atoms with E-state index in [4.69, 9.17) is 4.74 Å². The van der Waals surface area contributed by atoms with Crippen molar-refractivity contribution < 1.29 is 4.74 Å². The Balaban J connectivity index is 4.30. The van der Waals surface area contributed by atoms with E-state index in [1.807, 2.05) is 0 Å². The van der Waals surface area contributed by atoms with Gasteiger partial charge in [0.15, 0.2) is 0 Å². The first-order chi connectivity index (χ1) is 8.80. The highest BCUT2D eigenvalue weighted by atomic mass is 28.3. The zero-order valence-corrected chi connectivity index (χ0v) is 15.0. The number of hydrogen-bond donors (Lipinski definition) is 1. The molecule has 0 radical (unpaired) electrons. The van der Waals surface area contributed by atoms with Crippen LogP contribution < -0.4 is 5.32 Å². The van der Waals surface area contributed by atoms with E-state index in [-0.39, 0.29) is 0 Å². The molecule has 0 aromatic carbocycles. The molecule has 2 nitrogen and oxygen atoms in total. The lowest BCUT2D eigenvalue weighted by Gasteiger charge is -2.17. The monoisotopic (exact) mass is 283 g/mol. The van der Waals surface area contributed by atoms with Crippen molar-refractivity contribution >= 4 is 8.07 Å². The second-order valence-corrected chi connectivity index (χ2v) is 12.1. The zero-order valence-electron chi connectivity index (χ0n) is 14.0. The fourth-order valence-electron chi connectivity index (χ4n) is 1.78. The smallest absolute Gasteiger partial charge is 0.116 e. The summed E-state index contributed by atoms with van der Waals surface area (Å²) in [6.07, 6.45) is 4.42. The number of nitrogens with one attached hydrogen (secondary N) is 1. The van der Waals surface area contributed by atoms with Gasteiger partial charge in [0.2, 0.25) is 0 Å². The van der Waals surface area contributed by atoms with E-state index in [0.29, 0.717) is 6.73 Å². The van der Waals surface area contributed by atoms with Crippen LogP contribution in [0.5, 0.6) is 0 Å². The molecule has 0 spiro atoms. The predicted molar refractivity (Wildman–Crippen MR) is 89.1 cm³/mol. The van der Waals surface area contributed by atoms with Crippen molar-refractivity contribution in [3.05, 3.63) is 22.9 Å². The maximum atomic E-state index is 5.72. The van der Waals surface area contributed by atoms with Crippen molar-refractivity contribution in [3.63, 3.8) is 0 Å². The summed E-state index contributed by atoms with van der Waals surface area (Å²) in [5.41, 5.74) is 4.04. The summed E-state index contributed by atoms with van der Waals surface area (Å²) in [7, 11) is -0.973. The Hall–Kier alpha value is -0.543. The van der Waals surface area contributed by atoms with E-state index >= 15 is 0 Å². The van der Waals surface area contributed by atoms with Gasteiger partial charge in [0.1, 0.15) is 6.73 Å².